The molecule has 4 aromatic rings. The molecule has 0 radical (unpaired) electrons. The number of fused-ring (bicyclic) bond motifs is 5. The maximum Gasteiger partial charge on any atom is 0.395 e. The molecule has 6 rings (SSSR count). The summed E-state index contributed by atoms with van der Waals surface area (Å²) in [5, 5.41) is 0. The van der Waals surface area contributed by atoms with Crippen molar-refractivity contribution in [1.29, 1.82) is 0 Å². The molecule has 0 saturated heterocycles. The van der Waals surface area contributed by atoms with Crippen LogP contribution in [0.2, 0.25) is 6.04 Å². The summed E-state index contributed by atoms with van der Waals surface area (Å²) in [5.41, 5.74) is 10.4. The van der Waals surface area contributed by atoms with E-state index in [2.05, 4.69) is 130 Å². The Labute approximate surface area is 280 Å². The molecule has 0 aliphatic heterocycles. The maximum absolute atomic E-state index is 13.0. The van der Waals surface area contributed by atoms with Crippen molar-refractivity contribution >= 4 is 32.1 Å². The predicted molar refractivity (Wildman–Crippen MR) is 185 cm³/mol. The van der Waals surface area contributed by atoms with Crippen molar-refractivity contribution in [1.82, 2.24) is 4.57 Å². The van der Waals surface area contributed by atoms with Crippen molar-refractivity contribution in [3.63, 3.8) is 0 Å². The van der Waals surface area contributed by atoms with Crippen molar-refractivity contribution in [2.24, 2.45) is 5.92 Å². The Kier molecular flexibility index (Phi) is 11.6. The van der Waals surface area contributed by atoms with E-state index in [4.69, 9.17) is 0 Å². The molecule has 44 heavy (non-hydrogen) atoms. The average molecular weight is 628 g/mol. The Hall–Kier alpha value is -3.63. The third-order valence-electron chi connectivity index (χ3n) is 8.13. The van der Waals surface area contributed by atoms with E-state index in [-0.39, 0.29) is 33.2 Å². The fourth-order valence-electron chi connectivity index (χ4n) is 5.50. The monoisotopic (exact) mass is 627 g/mol. The van der Waals surface area contributed by atoms with Crippen molar-refractivity contribution < 1.29 is 26.2 Å². The molecule has 0 spiro atoms. The molecule has 4 aromatic carbocycles. The molecule has 2 aliphatic rings. The first kappa shape index (κ1) is 33.3. The van der Waals surface area contributed by atoms with Crippen LogP contribution in [0.5, 0.6) is 0 Å². The number of rotatable bonds is 6. The molecule has 2 aliphatic carbocycles. The summed E-state index contributed by atoms with van der Waals surface area (Å²) in [5.74, 6) is 0.227. The van der Waals surface area contributed by atoms with E-state index in [0.29, 0.717) is 6.04 Å². The van der Waals surface area contributed by atoms with Gasteiger partial charge in [0.2, 0.25) is 0 Å². The minimum Gasteiger partial charge on any atom is -0.375 e. The topological polar surface area (TPSA) is 20.3 Å². The molecule has 0 unspecified atom stereocenters. The molecule has 0 bridgehead atoms. The second-order valence-corrected chi connectivity index (χ2v) is 14.0. The second kappa shape index (κ2) is 15.4. The van der Waals surface area contributed by atoms with E-state index in [1.54, 1.807) is 0 Å². The molecule has 0 N–H and O–H groups in total. The molecular formula is C40H41NOSiTi. The van der Waals surface area contributed by atoms with Crippen molar-refractivity contribution in [2.45, 2.75) is 38.8 Å². The standard InChI is InChI=1S/C24H27NOSi.C16H14.Ti/c1-24(2,3)25(4)27(26)16-17-13-22-20-11-7-5-9-18(20)15-19-10-6-8-12-21(19)23(22)14-17;1-3-9-15(10-4-1)13-7-8-14-16-11-5-2-6-12-16;/h5-14,17H,15-16H2,1-4H3;1-14H;. The van der Waals surface area contributed by atoms with Gasteiger partial charge in [-0.1, -0.05) is 146 Å². The summed E-state index contributed by atoms with van der Waals surface area (Å²) >= 11 is 0. The second-order valence-electron chi connectivity index (χ2n) is 12.2. The Morgan fingerprint density at radius 1 is 0.682 bits per heavy atom. The molecule has 0 saturated carbocycles. The van der Waals surface area contributed by atoms with Gasteiger partial charge < -0.3 is 9.03 Å². The first-order valence-corrected chi connectivity index (χ1v) is 16.7. The third-order valence-corrected chi connectivity index (χ3v) is 10.4. The number of nitrogens with zero attached hydrogens (tertiary/aromatic N) is 1. The van der Waals surface area contributed by atoms with Gasteiger partial charge in [0.05, 0.1) is 0 Å². The Morgan fingerprint density at radius 2 is 1.09 bits per heavy atom. The van der Waals surface area contributed by atoms with Gasteiger partial charge >= 0.3 is 8.84 Å². The fourth-order valence-corrected chi connectivity index (χ4v) is 7.16. The number of hydrogen-bond acceptors (Lipinski definition) is 1. The summed E-state index contributed by atoms with van der Waals surface area (Å²) in [6, 6.07) is 38.7. The Balaban J connectivity index is 0.000000223. The first-order valence-electron chi connectivity index (χ1n) is 15.1. The van der Waals surface area contributed by atoms with E-state index in [0.717, 1.165) is 6.42 Å². The van der Waals surface area contributed by atoms with Crippen molar-refractivity contribution in [2.75, 3.05) is 7.05 Å². The molecule has 220 valence electrons. The van der Waals surface area contributed by atoms with Crippen LogP contribution in [0.25, 0.3) is 23.3 Å². The molecule has 0 fully saturated rings. The molecule has 0 heterocycles. The zero-order chi connectivity index (χ0) is 30.2. The van der Waals surface area contributed by atoms with Gasteiger partial charge in [-0.25, -0.2) is 0 Å². The maximum atomic E-state index is 13.0. The zero-order valence-corrected chi connectivity index (χ0v) is 28.8. The quantitative estimate of drug-likeness (QED) is 0.157. The smallest absolute Gasteiger partial charge is 0.375 e. The molecule has 0 atom stereocenters. The van der Waals surface area contributed by atoms with E-state index in [9.17, 15) is 4.46 Å². The SMILES string of the molecule is C(C=Cc1ccccc1)=Cc1ccccc1.CN([Si](=O)CC1C=C2C(=C1)c1ccccc1Cc1ccccc12)C(C)(C)C.[Ti]. The molecule has 0 aromatic heterocycles. The zero-order valence-electron chi connectivity index (χ0n) is 26.2. The van der Waals surface area contributed by atoms with Gasteiger partial charge in [0.15, 0.2) is 0 Å². The van der Waals surface area contributed by atoms with E-state index >= 15 is 0 Å². The molecule has 2 nitrogen and oxygen atoms in total. The van der Waals surface area contributed by atoms with E-state index < -0.39 is 8.84 Å². The summed E-state index contributed by atoms with van der Waals surface area (Å²) < 4.78 is 15.0. The summed E-state index contributed by atoms with van der Waals surface area (Å²) in [7, 11) is 0.167. The van der Waals surface area contributed by atoms with Crippen LogP contribution in [-0.2, 0) is 32.6 Å². The normalized spacial score (nSPS) is 13.8. The van der Waals surface area contributed by atoms with Gasteiger partial charge in [-0.3, -0.25) is 0 Å². The van der Waals surface area contributed by atoms with Crippen LogP contribution in [0.15, 0.2) is 133 Å². The molecular weight excluding hydrogens is 586 g/mol. The van der Waals surface area contributed by atoms with Gasteiger partial charge in [0.25, 0.3) is 0 Å². The third kappa shape index (κ3) is 8.51. The molecule has 4 heteroatoms. The number of allylic oxidation sites excluding steroid dienone is 6. The van der Waals surface area contributed by atoms with Crippen LogP contribution < -0.4 is 0 Å². The van der Waals surface area contributed by atoms with Crippen LogP contribution >= 0.6 is 0 Å². The summed E-state index contributed by atoms with van der Waals surface area (Å²) in [6.07, 6.45) is 14.0. The van der Waals surface area contributed by atoms with Crippen LogP contribution in [0, 0.1) is 5.92 Å². The van der Waals surface area contributed by atoms with Gasteiger partial charge in [-0.05, 0) is 71.7 Å². The van der Waals surface area contributed by atoms with Crippen LogP contribution in [0.1, 0.15) is 54.2 Å². The van der Waals surface area contributed by atoms with Crippen LogP contribution in [0.3, 0.4) is 0 Å². The van der Waals surface area contributed by atoms with Crippen molar-refractivity contribution in [3.05, 3.63) is 167 Å². The largest absolute Gasteiger partial charge is 0.395 e. The van der Waals surface area contributed by atoms with E-state index in [1.165, 1.54) is 44.5 Å². The molecule has 0 amide bonds. The Morgan fingerprint density at radius 3 is 1.52 bits per heavy atom. The van der Waals surface area contributed by atoms with Crippen LogP contribution in [0.4, 0.5) is 0 Å². The van der Waals surface area contributed by atoms with Gasteiger partial charge in [-0.2, -0.15) is 0 Å². The van der Waals surface area contributed by atoms with Gasteiger partial charge in [-0.15, -0.1) is 0 Å². The summed E-state index contributed by atoms with van der Waals surface area (Å²) in [4.78, 5) is 0. The minimum atomic E-state index is -1.82. The van der Waals surface area contributed by atoms with Gasteiger partial charge in [0.1, 0.15) is 0 Å². The van der Waals surface area contributed by atoms with E-state index in [1.807, 2.05) is 48.0 Å². The average Bonchev–Trinajstić information content (AvgIpc) is 3.38. The summed E-state index contributed by atoms with van der Waals surface area (Å²) in [6.45, 7) is 6.37. The first-order chi connectivity index (χ1) is 20.8. The van der Waals surface area contributed by atoms with Crippen molar-refractivity contribution in [3.8, 4) is 0 Å². The van der Waals surface area contributed by atoms with Gasteiger partial charge in [0, 0.05) is 46.3 Å². The Bertz CT molecular complexity index is 1570. The fraction of sp³-hybridized carbons (Fsp3) is 0.200. The number of benzene rings is 4. The number of hydrogen-bond donors (Lipinski definition) is 0. The minimum absolute atomic E-state index is 0. The predicted octanol–water partition coefficient (Wildman–Crippen LogP) is 9.75. The van der Waals surface area contributed by atoms with Crippen LogP contribution in [-0.4, -0.2) is 26.0 Å².